The van der Waals surface area contributed by atoms with E-state index in [4.69, 9.17) is 0 Å². The minimum Gasteiger partial charge on any atom is -0.390 e. The van der Waals surface area contributed by atoms with Gasteiger partial charge in [0.2, 0.25) is 0 Å². The number of aliphatic hydroxyl groups is 1. The summed E-state index contributed by atoms with van der Waals surface area (Å²) in [5, 5.41) is 12.9. The Morgan fingerprint density at radius 1 is 1.67 bits per heavy atom. The Morgan fingerprint density at radius 2 is 2.39 bits per heavy atom. The Morgan fingerprint density at radius 3 is 2.94 bits per heavy atom. The molecule has 0 spiro atoms. The summed E-state index contributed by atoms with van der Waals surface area (Å²) < 4.78 is 2.80. The molecule has 6 heteroatoms. The highest BCUT2D eigenvalue weighted by atomic mass is 79.9. The van der Waals surface area contributed by atoms with Crippen LogP contribution in [0.15, 0.2) is 16.7 Å². The van der Waals surface area contributed by atoms with E-state index in [0.29, 0.717) is 18.8 Å². The van der Waals surface area contributed by atoms with Gasteiger partial charge in [-0.05, 0) is 28.9 Å². The highest BCUT2D eigenvalue weighted by Crippen LogP contribution is 2.18. The number of aromatic nitrogens is 1. The second-order valence-electron chi connectivity index (χ2n) is 4.54. The van der Waals surface area contributed by atoms with Crippen molar-refractivity contribution >= 4 is 21.8 Å². The number of hydrogen-bond acceptors (Lipinski definition) is 3. The van der Waals surface area contributed by atoms with Crippen LogP contribution in [-0.2, 0) is 6.54 Å². The smallest absolute Gasteiger partial charge is 0.270 e. The van der Waals surface area contributed by atoms with Gasteiger partial charge in [-0.2, -0.15) is 0 Å². The molecule has 2 heterocycles. The molecule has 1 fully saturated rings. The van der Waals surface area contributed by atoms with E-state index in [1.807, 2.05) is 23.8 Å². The average molecular weight is 316 g/mol. The fraction of sp³-hybridized carbons (Fsp3) is 0.583. The molecule has 1 aromatic heterocycles. The summed E-state index contributed by atoms with van der Waals surface area (Å²) in [7, 11) is 1.74. The summed E-state index contributed by atoms with van der Waals surface area (Å²) in [5.74, 6) is -0.0599. The van der Waals surface area contributed by atoms with Crippen molar-refractivity contribution in [3.05, 3.63) is 22.4 Å². The zero-order valence-corrected chi connectivity index (χ0v) is 12.1. The predicted molar refractivity (Wildman–Crippen MR) is 72.6 cm³/mol. The zero-order valence-electron chi connectivity index (χ0n) is 10.6. The molecule has 0 bridgehead atoms. The van der Waals surface area contributed by atoms with Crippen molar-refractivity contribution < 1.29 is 9.90 Å². The molecule has 100 valence electrons. The van der Waals surface area contributed by atoms with Gasteiger partial charge >= 0.3 is 0 Å². The van der Waals surface area contributed by atoms with Crippen LogP contribution in [0.3, 0.4) is 0 Å². The standard InChI is InChI=1S/C12H18BrN3O2/c1-3-16-7-8(13)4-9(16)12(18)15(2)10-5-14-6-11(10)17/h4,7,10-11,14,17H,3,5-6H2,1-2H3/t10-,11-/m0/s1. The van der Waals surface area contributed by atoms with Crippen molar-refractivity contribution in [1.82, 2.24) is 14.8 Å². The lowest BCUT2D eigenvalue weighted by molar-refractivity contribution is 0.0571. The van der Waals surface area contributed by atoms with Crippen molar-refractivity contribution in [2.24, 2.45) is 0 Å². The van der Waals surface area contributed by atoms with Gasteiger partial charge in [0.15, 0.2) is 0 Å². The van der Waals surface area contributed by atoms with Crippen LogP contribution in [0.25, 0.3) is 0 Å². The monoisotopic (exact) mass is 315 g/mol. The molecule has 2 rings (SSSR count). The molecule has 0 saturated carbocycles. The van der Waals surface area contributed by atoms with Gasteiger partial charge in [-0.25, -0.2) is 0 Å². The van der Waals surface area contributed by atoms with Crippen LogP contribution < -0.4 is 5.32 Å². The van der Waals surface area contributed by atoms with Gasteiger partial charge in [0, 0.05) is 37.4 Å². The lowest BCUT2D eigenvalue weighted by atomic mass is 10.2. The molecule has 0 aromatic carbocycles. The number of halogens is 1. The first-order valence-corrected chi connectivity index (χ1v) is 6.85. The summed E-state index contributed by atoms with van der Waals surface area (Å²) in [6.45, 7) is 3.92. The molecule has 2 atom stereocenters. The minimum absolute atomic E-state index is 0.0599. The van der Waals surface area contributed by atoms with Crippen LogP contribution in [0.1, 0.15) is 17.4 Å². The first kappa shape index (κ1) is 13.6. The maximum absolute atomic E-state index is 12.4. The Labute approximate surface area is 115 Å². The lowest BCUT2D eigenvalue weighted by Gasteiger charge is -2.26. The first-order valence-electron chi connectivity index (χ1n) is 6.06. The van der Waals surface area contributed by atoms with Gasteiger partial charge < -0.3 is 19.9 Å². The molecule has 1 aromatic rings. The van der Waals surface area contributed by atoms with Crippen molar-refractivity contribution in [1.29, 1.82) is 0 Å². The molecule has 0 unspecified atom stereocenters. The van der Waals surface area contributed by atoms with Gasteiger partial charge in [-0.15, -0.1) is 0 Å². The number of aliphatic hydroxyl groups excluding tert-OH is 1. The molecular formula is C12H18BrN3O2. The molecule has 1 aliphatic rings. The summed E-state index contributed by atoms with van der Waals surface area (Å²) in [6, 6.07) is 1.66. The first-order chi connectivity index (χ1) is 8.54. The predicted octanol–water partition coefficient (Wildman–Crippen LogP) is 0.675. The lowest BCUT2D eigenvalue weighted by Crippen LogP contribution is -2.44. The van der Waals surface area contributed by atoms with Crippen LogP contribution in [0, 0.1) is 0 Å². The molecule has 1 saturated heterocycles. The molecule has 5 nitrogen and oxygen atoms in total. The number of amides is 1. The van der Waals surface area contributed by atoms with E-state index in [1.165, 1.54) is 0 Å². The molecule has 1 aliphatic heterocycles. The van der Waals surface area contributed by atoms with Crippen LogP contribution in [0.4, 0.5) is 0 Å². The second kappa shape index (κ2) is 5.42. The highest BCUT2D eigenvalue weighted by molar-refractivity contribution is 9.10. The molecule has 0 radical (unpaired) electrons. The summed E-state index contributed by atoms with van der Waals surface area (Å²) in [5.41, 5.74) is 0.644. The van der Waals surface area contributed by atoms with E-state index in [1.54, 1.807) is 11.9 Å². The van der Waals surface area contributed by atoms with Crippen LogP contribution in [-0.4, -0.2) is 52.8 Å². The number of hydrogen-bond donors (Lipinski definition) is 2. The average Bonchev–Trinajstić information content (AvgIpc) is 2.93. The quantitative estimate of drug-likeness (QED) is 0.862. The third-order valence-corrected chi connectivity index (χ3v) is 3.83. The Hall–Kier alpha value is -0.850. The molecule has 18 heavy (non-hydrogen) atoms. The molecule has 0 aliphatic carbocycles. The SMILES string of the molecule is CCn1cc(Br)cc1C(=O)N(C)[C@H]1CNC[C@@H]1O. The number of nitrogens with zero attached hydrogens (tertiary/aromatic N) is 2. The zero-order chi connectivity index (χ0) is 13.3. The van der Waals surface area contributed by atoms with E-state index in [0.717, 1.165) is 11.0 Å². The van der Waals surface area contributed by atoms with E-state index < -0.39 is 6.10 Å². The summed E-state index contributed by atoms with van der Waals surface area (Å²) >= 11 is 3.38. The Kier molecular flexibility index (Phi) is 4.09. The van der Waals surface area contributed by atoms with E-state index in [-0.39, 0.29) is 11.9 Å². The number of aryl methyl sites for hydroxylation is 1. The highest BCUT2D eigenvalue weighted by Gasteiger charge is 2.32. The fourth-order valence-electron chi connectivity index (χ4n) is 2.29. The largest absolute Gasteiger partial charge is 0.390 e. The maximum atomic E-state index is 12.4. The Bertz CT molecular complexity index is 447. The summed E-state index contributed by atoms with van der Waals surface area (Å²) in [4.78, 5) is 14.0. The van der Waals surface area contributed by atoms with Gasteiger partial charge in [-0.3, -0.25) is 4.79 Å². The summed E-state index contributed by atoms with van der Waals surface area (Å²) in [6.07, 6.45) is 1.40. The van der Waals surface area contributed by atoms with E-state index >= 15 is 0 Å². The molecule has 2 N–H and O–H groups in total. The van der Waals surface area contributed by atoms with Crippen molar-refractivity contribution in [2.45, 2.75) is 25.6 Å². The van der Waals surface area contributed by atoms with Crippen molar-refractivity contribution in [3.63, 3.8) is 0 Å². The van der Waals surface area contributed by atoms with E-state index in [9.17, 15) is 9.90 Å². The van der Waals surface area contributed by atoms with Gasteiger partial charge in [0.05, 0.1) is 12.1 Å². The topological polar surface area (TPSA) is 57.5 Å². The third kappa shape index (κ3) is 2.46. The second-order valence-corrected chi connectivity index (χ2v) is 5.45. The molecular weight excluding hydrogens is 298 g/mol. The normalized spacial score (nSPS) is 23.3. The van der Waals surface area contributed by atoms with Crippen LogP contribution in [0.5, 0.6) is 0 Å². The van der Waals surface area contributed by atoms with Gasteiger partial charge in [0.25, 0.3) is 5.91 Å². The maximum Gasteiger partial charge on any atom is 0.270 e. The van der Waals surface area contributed by atoms with Crippen molar-refractivity contribution in [3.8, 4) is 0 Å². The van der Waals surface area contributed by atoms with Gasteiger partial charge in [0.1, 0.15) is 5.69 Å². The number of nitrogens with one attached hydrogen (secondary N) is 1. The number of rotatable bonds is 3. The Balaban J connectivity index is 2.19. The third-order valence-electron chi connectivity index (χ3n) is 3.39. The minimum atomic E-state index is -0.493. The number of β-amino-alcohol motifs (C(OH)–C–C–N with tert-alkyl or cyclic N) is 1. The van der Waals surface area contributed by atoms with Gasteiger partial charge in [-0.1, -0.05) is 0 Å². The van der Waals surface area contributed by atoms with Crippen LogP contribution >= 0.6 is 15.9 Å². The van der Waals surface area contributed by atoms with Crippen molar-refractivity contribution in [2.75, 3.05) is 20.1 Å². The van der Waals surface area contributed by atoms with Crippen LogP contribution in [0.2, 0.25) is 0 Å². The van der Waals surface area contributed by atoms with E-state index in [2.05, 4.69) is 21.2 Å². The number of likely N-dealkylation sites (N-methyl/N-ethyl adjacent to an activating group) is 1. The molecule has 1 amide bonds. The fourth-order valence-corrected chi connectivity index (χ4v) is 2.76. The number of carbonyl (C=O) groups is 1. The number of carbonyl (C=O) groups excluding carboxylic acids is 1.